The Morgan fingerprint density at radius 3 is 2.68 bits per heavy atom. The average Bonchev–Trinajstić information content (AvgIpc) is 2.98. The van der Waals surface area contributed by atoms with E-state index in [2.05, 4.69) is 28.3 Å². The molecular formula is C20H24N4O. The maximum Gasteiger partial charge on any atom is 0.278 e. The molecule has 1 aromatic heterocycles. The van der Waals surface area contributed by atoms with E-state index < -0.39 is 0 Å². The van der Waals surface area contributed by atoms with Crippen molar-refractivity contribution in [2.75, 3.05) is 10.2 Å². The van der Waals surface area contributed by atoms with E-state index >= 15 is 0 Å². The molecule has 25 heavy (non-hydrogen) atoms. The summed E-state index contributed by atoms with van der Waals surface area (Å²) in [4.78, 5) is 23.6. The number of fused-ring (bicyclic) bond motifs is 1. The molecule has 1 aliphatic carbocycles. The summed E-state index contributed by atoms with van der Waals surface area (Å²) >= 11 is 0. The van der Waals surface area contributed by atoms with Crippen LogP contribution in [0.25, 0.3) is 0 Å². The van der Waals surface area contributed by atoms with Crippen LogP contribution in [0.4, 0.5) is 11.5 Å². The summed E-state index contributed by atoms with van der Waals surface area (Å²) in [5.74, 6) is 0.687. The summed E-state index contributed by atoms with van der Waals surface area (Å²) in [6.07, 6.45) is 10.4. The number of benzene rings is 1. The van der Waals surface area contributed by atoms with Gasteiger partial charge in [0.1, 0.15) is 11.5 Å². The number of nitrogens with zero attached hydrogens (tertiary/aromatic N) is 3. The Labute approximate surface area is 148 Å². The van der Waals surface area contributed by atoms with Crippen molar-refractivity contribution < 1.29 is 4.79 Å². The highest BCUT2D eigenvalue weighted by Crippen LogP contribution is 2.32. The largest absolute Gasteiger partial charge is 0.366 e. The van der Waals surface area contributed by atoms with Gasteiger partial charge in [-0.3, -0.25) is 4.79 Å². The molecule has 5 nitrogen and oxygen atoms in total. The molecule has 1 amide bonds. The van der Waals surface area contributed by atoms with Crippen molar-refractivity contribution in [3.8, 4) is 0 Å². The van der Waals surface area contributed by atoms with Gasteiger partial charge in [0, 0.05) is 17.8 Å². The number of para-hydroxylation sites is 1. The van der Waals surface area contributed by atoms with Crippen molar-refractivity contribution >= 4 is 17.4 Å². The summed E-state index contributed by atoms with van der Waals surface area (Å²) in [6, 6.07) is 8.71. The second-order valence-electron chi connectivity index (χ2n) is 7.12. The topological polar surface area (TPSA) is 58.1 Å². The summed E-state index contributed by atoms with van der Waals surface area (Å²) in [5.41, 5.74) is 2.61. The monoisotopic (exact) mass is 336 g/mol. The maximum absolute atomic E-state index is 12.9. The van der Waals surface area contributed by atoms with Crippen LogP contribution in [0, 0.1) is 0 Å². The van der Waals surface area contributed by atoms with Crippen LogP contribution in [0.3, 0.4) is 0 Å². The SMILES string of the molecule is CC1Cc2ccccc2N1C(=O)c1cnc(NC2CCCCC2)cn1. The predicted molar refractivity (Wildman–Crippen MR) is 98.9 cm³/mol. The van der Waals surface area contributed by atoms with Gasteiger partial charge >= 0.3 is 0 Å². The van der Waals surface area contributed by atoms with E-state index in [-0.39, 0.29) is 11.9 Å². The Balaban J connectivity index is 1.49. The molecule has 1 unspecified atom stereocenters. The van der Waals surface area contributed by atoms with E-state index in [1.165, 1.54) is 37.7 Å². The molecule has 0 bridgehead atoms. The van der Waals surface area contributed by atoms with E-state index in [9.17, 15) is 4.79 Å². The number of carbonyl (C=O) groups is 1. The summed E-state index contributed by atoms with van der Waals surface area (Å²) < 4.78 is 0. The molecule has 0 spiro atoms. The second kappa shape index (κ2) is 6.82. The molecule has 5 heteroatoms. The van der Waals surface area contributed by atoms with E-state index in [4.69, 9.17) is 0 Å². The van der Waals surface area contributed by atoms with Crippen molar-refractivity contribution in [2.45, 2.75) is 57.5 Å². The van der Waals surface area contributed by atoms with Crippen LogP contribution in [0.15, 0.2) is 36.7 Å². The minimum absolute atomic E-state index is 0.0748. The van der Waals surface area contributed by atoms with Gasteiger partial charge in [-0.2, -0.15) is 0 Å². The molecule has 1 saturated carbocycles. The zero-order chi connectivity index (χ0) is 17.2. The molecule has 0 radical (unpaired) electrons. The third-order valence-corrected chi connectivity index (χ3v) is 5.25. The van der Waals surface area contributed by atoms with Crippen molar-refractivity contribution in [1.82, 2.24) is 9.97 Å². The van der Waals surface area contributed by atoms with Crippen LogP contribution >= 0.6 is 0 Å². The minimum Gasteiger partial charge on any atom is -0.366 e. The summed E-state index contributed by atoms with van der Waals surface area (Å²) in [7, 11) is 0. The molecule has 2 aromatic rings. The zero-order valence-electron chi connectivity index (χ0n) is 14.6. The standard InChI is InChI=1S/C20H24N4O/c1-14-11-15-7-5-6-10-18(15)24(14)20(25)17-12-22-19(13-21-17)23-16-8-3-2-4-9-16/h5-7,10,12-14,16H,2-4,8-9,11H2,1H3,(H,22,23). The number of hydrogen-bond donors (Lipinski definition) is 1. The van der Waals surface area contributed by atoms with Crippen molar-refractivity contribution in [3.63, 3.8) is 0 Å². The van der Waals surface area contributed by atoms with Gasteiger partial charge in [-0.05, 0) is 37.8 Å². The average molecular weight is 336 g/mol. The van der Waals surface area contributed by atoms with Crippen molar-refractivity contribution in [1.29, 1.82) is 0 Å². The lowest BCUT2D eigenvalue weighted by Crippen LogP contribution is -2.36. The number of rotatable bonds is 3. The third-order valence-electron chi connectivity index (χ3n) is 5.25. The van der Waals surface area contributed by atoms with Crippen LogP contribution in [0.1, 0.15) is 55.1 Å². The molecule has 1 aromatic carbocycles. The van der Waals surface area contributed by atoms with Gasteiger partial charge in [0.2, 0.25) is 0 Å². The third kappa shape index (κ3) is 3.23. The highest BCUT2D eigenvalue weighted by atomic mass is 16.2. The highest BCUT2D eigenvalue weighted by Gasteiger charge is 2.32. The normalized spacial score (nSPS) is 20.4. The van der Waals surface area contributed by atoms with E-state index in [0.717, 1.165) is 17.9 Å². The Bertz CT molecular complexity index is 753. The minimum atomic E-state index is -0.0748. The van der Waals surface area contributed by atoms with Gasteiger partial charge in [-0.25, -0.2) is 9.97 Å². The molecule has 1 fully saturated rings. The molecule has 2 heterocycles. The van der Waals surface area contributed by atoms with Crippen LogP contribution in [-0.4, -0.2) is 28.0 Å². The van der Waals surface area contributed by atoms with Gasteiger partial charge in [-0.15, -0.1) is 0 Å². The van der Waals surface area contributed by atoms with E-state index in [1.54, 1.807) is 12.4 Å². The lowest BCUT2D eigenvalue weighted by Gasteiger charge is -2.24. The van der Waals surface area contributed by atoms with Gasteiger partial charge in [0.15, 0.2) is 0 Å². The van der Waals surface area contributed by atoms with Gasteiger partial charge in [-0.1, -0.05) is 37.5 Å². The fourth-order valence-corrected chi connectivity index (χ4v) is 3.97. The van der Waals surface area contributed by atoms with Gasteiger partial charge < -0.3 is 10.2 Å². The fraction of sp³-hybridized carbons (Fsp3) is 0.450. The van der Waals surface area contributed by atoms with Gasteiger partial charge in [0.05, 0.1) is 12.4 Å². The number of nitrogens with one attached hydrogen (secondary N) is 1. The Hall–Kier alpha value is -2.43. The van der Waals surface area contributed by atoms with Gasteiger partial charge in [0.25, 0.3) is 5.91 Å². The molecule has 1 N–H and O–H groups in total. The summed E-state index contributed by atoms with van der Waals surface area (Å²) in [6.45, 7) is 2.07. The molecule has 0 saturated heterocycles. The second-order valence-corrected chi connectivity index (χ2v) is 7.12. The van der Waals surface area contributed by atoms with Crippen LogP contribution < -0.4 is 10.2 Å². The Morgan fingerprint density at radius 1 is 1.12 bits per heavy atom. The maximum atomic E-state index is 12.9. The number of aromatic nitrogens is 2. The van der Waals surface area contributed by atoms with E-state index in [1.807, 2.05) is 23.1 Å². The smallest absolute Gasteiger partial charge is 0.278 e. The van der Waals surface area contributed by atoms with Crippen LogP contribution in [-0.2, 0) is 6.42 Å². The van der Waals surface area contributed by atoms with Crippen LogP contribution in [0.5, 0.6) is 0 Å². The van der Waals surface area contributed by atoms with E-state index in [0.29, 0.717) is 11.7 Å². The first-order valence-electron chi connectivity index (χ1n) is 9.22. The molecule has 130 valence electrons. The fourth-order valence-electron chi connectivity index (χ4n) is 3.97. The van der Waals surface area contributed by atoms with Crippen molar-refractivity contribution in [3.05, 3.63) is 47.9 Å². The Morgan fingerprint density at radius 2 is 1.92 bits per heavy atom. The number of anilines is 2. The van der Waals surface area contributed by atoms with Crippen molar-refractivity contribution in [2.24, 2.45) is 0 Å². The zero-order valence-corrected chi connectivity index (χ0v) is 14.6. The number of hydrogen-bond acceptors (Lipinski definition) is 4. The number of carbonyl (C=O) groups excluding carboxylic acids is 1. The Kier molecular flexibility index (Phi) is 4.38. The quantitative estimate of drug-likeness (QED) is 0.926. The highest BCUT2D eigenvalue weighted by molar-refractivity contribution is 6.06. The van der Waals surface area contributed by atoms with Crippen LogP contribution in [0.2, 0.25) is 0 Å². The number of amides is 1. The molecule has 1 aliphatic heterocycles. The summed E-state index contributed by atoms with van der Waals surface area (Å²) in [5, 5.41) is 3.44. The lowest BCUT2D eigenvalue weighted by molar-refractivity contribution is 0.0976. The molecule has 1 atom stereocenters. The molecule has 4 rings (SSSR count). The first kappa shape index (κ1) is 16.1. The first-order chi connectivity index (χ1) is 12.2. The lowest BCUT2D eigenvalue weighted by atomic mass is 9.96. The predicted octanol–water partition coefficient (Wildman–Crippen LogP) is 3.81. The first-order valence-corrected chi connectivity index (χ1v) is 9.22. The molecular weight excluding hydrogens is 312 g/mol. The molecule has 2 aliphatic rings.